The third-order valence-electron chi connectivity index (χ3n) is 2.57. The minimum absolute atomic E-state index is 0.123. The van der Waals surface area contributed by atoms with E-state index in [-0.39, 0.29) is 18.5 Å². The summed E-state index contributed by atoms with van der Waals surface area (Å²) in [6, 6.07) is 3.19. The summed E-state index contributed by atoms with van der Waals surface area (Å²) in [6.45, 7) is 5.21. The molecule has 1 aliphatic rings. The van der Waals surface area contributed by atoms with E-state index in [0.717, 1.165) is 5.57 Å². The number of rotatable bonds is 3. The Hall–Kier alpha value is -2.30. The van der Waals surface area contributed by atoms with Crippen molar-refractivity contribution in [1.29, 1.82) is 0 Å². The van der Waals surface area contributed by atoms with Crippen molar-refractivity contribution < 1.29 is 19.1 Å². The Morgan fingerprint density at radius 1 is 1.16 bits per heavy atom. The molecule has 0 saturated heterocycles. The van der Waals surface area contributed by atoms with Crippen LogP contribution >= 0.6 is 0 Å². The molecule has 0 unspecified atom stereocenters. The van der Waals surface area contributed by atoms with E-state index in [1.807, 2.05) is 13.8 Å². The second-order valence-electron chi connectivity index (χ2n) is 4.52. The number of fused-ring (bicyclic) bond motifs is 1. The number of hydrogen-bond acceptors (Lipinski definition) is 4. The first kappa shape index (κ1) is 13.1. The zero-order valence-electron chi connectivity index (χ0n) is 11.1. The Kier molecular flexibility index (Phi) is 3.55. The van der Waals surface area contributed by atoms with Crippen LogP contribution in [0.5, 0.6) is 11.5 Å². The molecular weight excluding hydrogens is 246 g/mol. The molecule has 0 radical (unpaired) electrons. The van der Waals surface area contributed by atoms with Gasteiger partial charge in [0, 0.05) is 17.7 Å². The largest absolute Gasteiger partial charge is 0.454 e. The first-order chi connectivity index (χ1) is 8.97. The van der Waals surface area contributed by atoms with Gasteiger partial charge in [-0.3, -0.25) is 9.59 Å². The maximum Gasteiger partial charge on any atom is 0.248 e. The van der Waals surface area contributed by atoms with Gasteiger partial charge in [-0.15, -0.1) is 0 Å². The predicted molar refractivity (Wildman–Crippen MR) is 70.6 cm³/mol. The molecule has 1 aromatic rings. The predicted octanol–water partition coefficient (Wildman–Crippen LogP) is 2.52. The maximum atomic E-state index is 11.7. The van der Waals surface area contributed by atoms with Crippen molar-refractivity contribution in [2.45, 2.75) is 20.8 Å². The molecule has 1 amide bonds. The Balaban J connectivity index is 2.36. The van der Waals surface area contributed by atoms with E-state index >= 15 is 0 Å². The molecule has 1 N–H and O–H groups in total. The Labute approximate surface area is 111 Å². The monoisotopic (exact) mass is 261 g/mol. The lowest BCUT2D eigenvalue weighted by atomic mass is 10.1. The molecule has 0 atom stereocenters. The summed E-state index contributed by atoms with van der Waals surface area (Å²) >= 11 is 0. The van der Waals surface area contributed by atoms with Crippen LogP contribution in [0.2, 0.25) is 0 Å². The van der Waals surface area contributed by atoms with E-state index in [0.29, 0.717) is 22.7 Å². The first-order valence-electron chi connectivity index (χ1n) is 5.88. The number of ketones is 1. The van der Waals surface area contributed by atoms with Gasteiger partial charge >= 0.3 is 0 Å². The highest BCUT2D eigenvalue weighted by Crippen LogP contribution is 2.37. The van der Waals surface area contributed by atoms with Gasteiger partial charge < -0.3 is 14.8 Å². The lowest BCUT2D eigenvalue weighted by molar-refractivity contribution is -0.111. The number of nitrogens with one attached hydrogen (secondary N) is 1. The van der Waals surface area contributed by atoms with Gasteiger partial charge in [0.1, 0.15) is 0 Å². The third-order valence-corrected chi connectivity index (χ3v) is 2.57. The summed E-state index contributed by atoms with van der Waals surface area (Å²) < 4.78 is 10.5. The molecule has 1 aromatic carbocycles. The maximum absolute atomic E-state index is 11.7. The smallest absolute Gasteiger partial charge is 0.248 e. The van der Waals surface area contributed by atoms with Crippen molar-refractivity contribution in [3.63, 3.8) is 0 Å². The normalized spacial score (nSPS) is 11.9. The fourth-order valence-electron chi connectivity index (χ4n) is 1.77. The fourth-order valence-corrected chi connectivity index (χ4v) is 1.77. The Morgan fingerprint density at radius 3 is 2.37 bits per heavy atom. The van der Waals surface area contributed by atoms with E-state index in [2.05, 4.69) is 5.32 Å². The van der Waals surface area contributed by atoms with Crippen molar-refractivity contribution in [2.24, 2.45) is 0 Å². The summed E-state index contributed by atoms with van der Waals surface area (Å²) in [4.78, 5) is 23.3. The Bertz CT molecular complexity index is 571. The van der Waals surface area contributed by atoms with Crippen molar-refractivity contribution in [3.8, 4) is 11.5 Å². The van der Waals surface area contributed by atoms with Gasteiger partial charge in [0.2, 0.25) is 12.7 Å². The fraction of sp³-hybridized carbons (Fsp3) is 0.286. The number of allylic oxidation sites excluding steroid dienone is 1. The minimum Gasteiger partial charge on any atom is -0.454 e. The molecule has 0 bridgehead atoms. The average Bonchev–Trinajstić information content (AvgIpc) is 2.73. The van der Waals surface area contributed by atoms with Gasteiger partial charge in [-0.1, -0.05) is 5.57 Å². The number of benzene rings is 1. The summed E-state index contributed by atoms with van der Waals surface area (Å²) in [5, 5.41) is 2.68. The molecule has 19 heavy (non-hydrogen) atoms. The molecule has 0 saturated carbocycles. The summed E-state index contributed by atoms with van der Waals surface area (Å²) in [7, 11) is 0. The van der Waals surface area contributed by atoms with E-state index in [9.17, 15) is 9.59 Å². The zero-order chi connectivity index (χ0) is 14.0. The summed E-state index contributed by atoms with van der Waals surface area (Å²) in [5.74, 6) is 0.620. The second-order valence-corrected chi connectivity index (χ2v) is 4.52. The van der Waals surface area contributed by atoms with Crippen molar-refractivity contribution >= 4 is 17.4 Å². The van der Waals surface area contributed by atoms with Crippen molar-refractivity contribution in [2.75, 3.05) is 12.1 Å². The Morgan fingerprint density at radius 2 is 1.79 bits per heavy atom. The minimum atomic E-state index is -0.277. The molecule has 1 heterocycles. The molecule has 100 valence electrons. The zero-order valence-corrected chi connectivity index (χ0v) is 11.1. The van der Waals surface area contributed by atoms with Gasteiger partial charge in [-0.05, 0) is 26.8 Å². The van der Waals surface area contributed by atoms with Crippen LogP contribution in [0.25, 0.3) is 0 Å². The second kappa shape index (κ2) is 5.14. The lowest BCUT2D eigenvalue weighted by Crippen LogP contribution is -2.11. The average molecular weight is 261 g/mol. The number of anilines is 1. The van der Waals surface area contributed by atoms with Gasteiger partial charge in [-0.25, -0.2) is 0 Å². The first-order valence-corrected chi connectivity index (χ1v) is 5.88. The third kappa shape index (κ3) is 2.93. The van der Waals surface area contributed by atoms with Gasteiger partial charge in [0.05, 0.1) is 5.69 Å². The molecule has 0 fully saturated rings. The highest BCUT2D eigenvalue weighted by atomic mass is 16.7. The van der Waals surface area contributed by atoms with Crippen molar-refractivity contribution in [3.05, 3.63) is 29.3 Å². The van der Waals surface area contributed by atoms with E-state index in [4.69, 9.17) is 9.47 Å². The van der Waals surface area contributed by atoms with E-state index in [1.54, 1.807) is 12.1 Å². The van der Waals surface area contributed by atoms with Crippen LogP contribution in [-0.2, 0) is 4.79 Å². The number of carbonyl (C=O) groups excluding carboxylic acids is 2. The lowest BCUT2D eigenvalue weighted by Gasteiger charge is -2.09. The van der Waals surface area contributed by atoms with Crippen molar-refractivity contribution in [1.82, 2.24) is 0 Å². The number of carbonyl (C=O) groups is 2. The highest BCUT2D eigenvalue weighted by Gasteiger charge is 2.19. The molecule has 0 aromatic heterocycles. The molecule has 1 aliphatic heterocycles. The number of amides is 1. The number of Topliss-reactive ketones (excluding diaryl/α,β-unsaturated/α-hetero) is 1. The molecule has 0 spiro atoms. The number of ether oxygens (including phenoxy) is 2. The van der Waals surface area contributed by atoms with Gasteiger partial charge in [0.15, 0.2) is 17.3 Å². The summed E-state index contributed by atoms with van der Waals surface area (Å²) in [5.41, 5.74) is 1.71. The SMILES string of the molecule is CC(=O)c1cc2c(cc1NC(=O)C=C(C)C)OCO2. The van der Waals surface area contributed by atoms with Crippen LogP contribution in [0, 0.1) is 0 Å². The molecular formula is C14H15NO4. The van der Waals surface area contributed by atoms with Crippen LogP contribution in [0.4, 0.5) is 5.69 Å². The van der Waals surface area contributed by atoms with E-state index in [1.165, 1.54) is 13.0 Å². The number of hydrogen-bond donors (Lipinski definition) is 1. The van der Waals surface area contributed by atoms with Gasteiger partial charge in [0.25, 0.3) is 0 Å². The molecule has 5 nitrogen and oxygen atoms in total. The van der Waals surface area contributed by atoms with Crippen LogP contribution in [-0.4, -0.2) is 18.5 Å². The summed E-state index contributed by atoms with van der Waals surface area (Å²) in [6.07, 6.45) is 1.47. The van der Waals surface area contributed by atoms with Crippen LogP contribution < -0.4 is 14.8 Å². The quantitative estimate of drug-likeness (QED) is 0.670. The van der Waals surface area contributed by atoms with Crippen LogP contribution in [0.3, 0.4) is 0 Å². The van der Waals surface area contributed by atoms with Crippen LogP contribution in [0.1, 0.15) is 31.1 Å². The molecule has 2 rings (SSSR count). The van der Waals surface area contributed by atoms with Gasteiger partial charge in [-0.2, -0.15) is 0 Å². The van der Waals surface area contributed by atoms with E-state index < -0.39 is 0 Å². The standard InChI is InChI=1S/C14H15NO4/c1-8(2)4-14(17)15-11-6-13-12(18-7-19-13)5-10(11)9(3)16/h4-6H,7H2,1-3H3,(H,15,17). The topological polar surface area (TPSA) is 64.6 Å². The molecule has 0 aliphatic carbocycles. The van der Waals surface area contributed by atoms with Crippen LogP contribution in [0.15, 0.2) is 23.8 Å². The highest BCUT2D eigenvalue weighted by molar-refractivity contribution is 6.07. The molecule has 5 heteroatoms.